The summed E-state index contributed by atoms with van der Waals surface area (Å²) in [7, 11) is 0. The largest absolute Gasteiger partial charge is 0.361 e. The molecule has 10 heteroatoms. The molecule has 4 rings (SSSR count). The number of nitrogens with one attached hydrogen (secondary N) is 3. The van der Waals surface area contributed by atoms with Crippen LogP contribution in [0.15, 0.2) is 4.52 Å². The van der Waals surface area contributed by atoms with Gasteiger partial charge in [-0.3, -0.25) is 14.5 Å². The van der Waals surface area contributed by atoms with Crippen LogP contribution in [0.4, 0.5) is 4.79 Å². The molecular formula is C22H34N6O4. The number of carbonyl (C=O) groups excluding carboxylic acids is 3. The molecule has 10 nitrogen and oxygen atoms in total. The van der Waals surface area contributed by atoms with Gasteiger partial charge >= 0.3 is 6.03 Å². The lowest BCUT2D eigenvalue weighted by Gasteiger charge is -2.42. The van der Waals surface area contributed by atoms with Crippen molar-refractivity contribution in [1.82, 2.24) is 30.9 Å². The molecule has 3 aliphatic rings. The Balaban J connectivity index is 1.47. The molecule has 176 valence electrons. The van der Waals surface area contributed by atoms with Crippen LogP contribution in [0.5, 0.6) is 0 Å². The Bertz CT molecular complexity index is 860. The first-order chi connectivity index (χ1) is 15.2. The highest BCUT2D eigenvalue weighted by atomic mass is 16.5. The number of rotatable bonds is 7. The predicted octanol–water partition coefficient (Wildman–Crippen LogP) is 0.679. The van der Waals surface area contributed by atoms with Crippen molar-refractivity contribution < 1.29 is 18.9 Å². The quantitative estimate of drug-likeness (QED) is 0.567. The van der Waals surface area contributed by atoms with Gasteiger partial charge in [-0.15, -0.1) is 0 Å². The van der Waals surface area contributed by atoms with E-state index in [1.807, 2.05) is 32.6 Å². The minimum atomic E-state index is -0.453. The highest BCUT2D eigenvalue weighted by Crippen LogP contribution is 2.30. The average molecular weight is 447 g/mol. The van der Waals surface area contributed by atoms with Crippen LogP contribution in [0.1, 0.15) is 50.1 Å². The summed E-state index contributed by atoms with van der Waals surface area (Å²) in [5.41, 5.74) is 1.79. The number of hydrogen-bond donors (Lipinski definition) is 3. The summed E-state index contributed by atoms with van der Waals surface area (Å²) in [5, 5.41) is 12.9. The van der Waals surface area contributed by atoms with E-state index in [9.17, 15) is 14.4 Å². The monoisotopic (exact) mass is 446 g/mol. The van der Waals surface area contributed by atoms with E-state index in [1.54, 1.807) is 0 Å². The van der Waals surface area contributed by atoms with E-state index in [1.165, 1.54) is 0 Å². The molecular weight excluding hydrogens is 412 g/mol. The highest BCUT2D eigenvalue weighted by Gasteiger charge is 2.46. The van der Waals surface area contributed by atoms with Crippen LogP contribution in [0.25, 0.3) is 0 Å². The standard InChI is InChI=1S/C22H34N6O4/c1-12(2)24-22(31)25-16-7-17-10-27(11-18-13(3)26-32-14(18)4)19(21(30)28(17)9-16)8-23-20(29)15-5-6-15/h12,15-17,19H,5-11H2,1-4H3,(H,23,29)(H2,24,25,31)/t16-,17-,19-/m0/s1. The van der Waals surface area contributed by atoms with Crippen LogP contribution in [0, 0.1) is 19.8 Å². The molecule has 3 atom stereocenters. The van der Waals surface area contributed by atoms with Crippen molar-refractivity contribution >= 4 is 17.8 Å². The molecule has 0 bridgehead atoms. The van der Waals surface area contributed by atoms with Crippen molar-refractivity contribution in [2.24, 2.45) is 5.92 Å². The van der Waals surface area contributed by atoms with Gasteiger partial charge in [0.2, 0.25) is 11.8 Å². The van der Waals surface area contributed by atoms with Crippen molar-refractivity contribution in [1.29, 1.82) is 0 Å². The van der Waals surface area contributed by atoms with E-state index >= 15 is 0 Å². The first-order valence-corrected chi connectivity index (χ1v) is 11.5. The molecule has 3 N–H and O–H groups in total. The van der Waals surface area contributed by atoms with Crippen LogP contribution in [0.3, 0.4) is 0 Å². The molecule has 0 unspecified atom stereocenters. The zero-order valence-corrected chi connectivity index (χ0v) is 19.3. The Morgan fingerprint density at radius 1 is 1.22 bits per heavy atom. The molecule has 2 saturated heterocycles. The summed E-state index contributed by atoms with van der Waals surface area (Å²) in [5.74, 6) is 0.868. The molecule has 32 heavy (non-hydrogen) atoms. The smallest absolute Gasteiger partial charge is 0.315 e. The summed E-state index contributed by atoms with van der Waals surface area (Å²) in [6.07, 6.45) is 2.55. The number of aryl methyl sites for hydroxylation is 2. The Morgan fingerprint density at radius 3 is 2.59 bits per heavy atom. The SMILES string of the molecule is Cc1noc(C)c1CN1C[C@@H]2C[C@H](NC(=O)NC(C)C)CN2C(=O)[C@@H]1CNC(=O)C1CC1. The Kier molecular flexibility index (Phi) is 6.41. The summed E-state index contributed by atoms with van der Waals surface area (Å²) in [4.78, 5) is 41.9. The van der Waals surface area contributed by atoms with Crippen molar-refractivity contribution in [3.63, 3.8) is 0 Å². The van der Waals surface area contributed by atoms with Gasteiger partial charge in [-0.2, -0.15) is 0 Å². The Morgan fingerprint density at radius 2 is 1.97 bits per heavy atom. The number of urea groups is 1. The average Bonchev–Trinajstić information content (AvgIpc) is 3.43. The third kappa shape index (κ3) is 4.90. The van der Waals surface area contributed by atoms with Crippen LogP contribution >= 0.6 is 0 Å². The number of amides is 4. The van der Waals surface area contributed by atoms with E-state index in [-0.39, 0.29) is 48.4 Å². The van der Waals surface area contributed by atoms with E-state index < -0.39 is 6.04 Å². The van der Waals surface area contributed by atoms with Gasteiger partial charge in [0.1, 0.15) is 11.8 Å². The van der Waals surface area contributed by atoms with Crippen molar-refractivity contribution in [3.05, 3.63) is 17.0 Å². The molecule has 3 fully saturated rings. The fourth-order valence-electron chi connectivity index (χ4n) is 4.71. The Hall–Kier alpha value is -2.62. The van der Waals surface area contributed by atoms with E-state index in [4.69, 9.17) is 4.52 Å². The lowest BCUT2D eigenvalue weighted by atomic mass is 10.0. The number of piperazine rings is 1. The molecule has 3 heterocycles. The molecule has 4 amide bonds. The van der Waals surface area contributed by atoms with Crippen LogP contribution in [0.2, 0.25) is 0 Å². The van der Waals surface area contributed by atoms with Gasteiger partial charge in [-0.05, 0) is 47.0 Å². The van der Waals surface area contributed by atoms with Crippen LogP contribution in [-0.4, -0.2) is 76.6 Å². The third-order valence-corrected chi connectivity index (χ3v) is 6.58. The fourth-order valence-corrected chi connectivity index (χ4v) is 4.71. The van der Waals surface area contributed by atoms with Gasteiger partial charge in [0.25, 0.3) is 0 Å². The third-order valence-electron chi connectivity index (χ3n) is 6.58. The van der Waals surface area contributed by atoms with Gasteiger partial charge in [-0.25, -0.2) is 4.79 Å². The maximum atomic E-state index is 13.5. The molecule has 1 aromatic rings. The van der Waals surface area contributed by atoms with Crippen molar-refractivity contribution in [2.75, 3.05) is 19.6 Å². The summed E-state index contributed by atoms with van der Waals surface area (Å²) in [6, 6.07) is -0.694. The second kappa shape index (κ2) is 9.09. The topological polar surface area (TPSA) is 120 Å². The molecule has 0 radical (unpaired) electrons. The van der Waals surface area contributed by atoms with Crippen molar-refractivity contribution in [3.8, 4) is 0 Å². The van der Waals surface area contributed by atoms with Gasteiger partial charge < -0.3 is 25.4 Å². The maximum Gasteiger partial charge on any atom is 0.315 e. The lowest BCUT2D eigenvalue weighted by Crippen LogP contribution is -2.62. The zero-order valence-electron chi connectivity index (χ0n) is 19.3. The van der Waals surface area contributed by atoms with E-state index in [0.29, 0.717) is 26.1 Å². The molecule has 1 aromatic heterocycles. The fraction of sp³-hybridized carbons (Fsp3) is 0.727. The van der Waals surface area contributed by atoms with Crippen molar-refractivity contribution in [2.45, 2.75) is 77.7 Å². The van der Waals surface area contributed by atoms with Gasteiger partial charge in [0, 0.05) is 49.7 Å². The summed E-state index contributed by atoms with van der Waals surface area (Å²) < 4.78 is 5.32. The molecule has 1 saturated carbocycles. The second-order valence-electron chi connectivity index (χ2n) is 9.62. The molecule has 1 aliphatic carbocycles. The minimum absolute atomic E-state index is 0.00215. The predicted molar refractivity (Wildman–Crippen MR) is 117 cm³/mol. The molecule has 0 aromatic carbocycles. The number of nitrogens with zero attached hydrogens (tertiary/aromatic N) is 3. The maximum absolute atomic E-state index is 13.5. The number of carbonyl (C=O) groups is 3. The molecule has 2 aliphatic heterocycles. The zero-order chi connectivity index (χ0) is 23.0. The number of hydrogen-bond acceptors (Lipinski definition) is 6. The first-order valence-electron chi connectivity index (χ1n) is 11.5. The van der Waals surface area contributed by atoms with Gasteiger partial charge in [0.05, 0.1) is 11.7 Å². The molecule has 0 spiro atoms. The number of aromatic nitrogens is 1. The van der Waals surface area contributed by atoms with Crippen LogP contribution < -0.4 is 16.0 Å². The Labute approximate surface area is 188 Å². The van der Waals surface area contributed by atoms with Crippen LogP contribution in [-0.2, 0) is 16.1 Å². The van der Waals surface area contributed by atoms with Gasteiger partial charge in [0.15, 0.2) is 0 Å². The second-order valence-corrected chi connectivity index (χ2v) is 9.62. The van der Waals surface area contributed by atoms with Gasteiger partial charge in [-0.1, -0.05) is 5.16 Å². The van der Waals surface area contributed by atoms with E-state index in [2.05, 4.69) is 26.0 Å². The highest BCUT2D eigenvalue weighted by molar-refractivity contribution is 5.86. The normalized spacial score (nSPS) is 25.7. The summed E-state index contributed by atoms with van der Waals surface area (Å²) >= 11 is 0. The first kappa shape index (κ1) is 22.6. The number of fused-ring (bicyclic) bond motifs is 1. The minimum Gasteiger partial charge on any atom is -0.361 e. The lowest BCUT2D eigenvalue weighted by molar-refractivity contribution is -0.144. The van der Waals surface area contributed by atoms with E-state index in [0.717, 1.165) is 29.9 Å². The summed E-state index contributed by atoms with van der Waals surface area (Å²) in [6.45, 7) is 9.57.